The van der Waals surface area contributed by atoms with Crippen molar-refractivity contribution in [3.05, 3.63) is 40.7 Å². The number of carbonyl (C=O) groups excluding carboxylic acids is 1. The molecule has 10 nitrogen and oxygen atoms in total. The van der Waals surface area contributed by atoms with E-state index in [9.17, 15) is 14.9 Å². The molecule has 0 unspecified atom stereocenters. The highest BCUT2D eigenvalue weighted by molar-refractivity contribution is 8.00. The molecule has 25 heavy (non-hydrogen) atoms. The van der Waals surface area contributed by atoms with Gasteiger partial charge in [-0.2, -0.15) is 0 Å². The highest BCUT2D eigenvalue weighted by Gasteiger charge is 2.13. The minimum absolute atomic E-state index is 0.0326. The van der Waals surface area contributed by atoms with Crippen LogP contribution in [0, 0.1) is 10.1 Å². The zero-order chi connectivity index (χ0) is 17.8. The zero-order valence-electron chi connectivity index (χ0n) is 13.1. The Morgan fingerprint density at radius 1 is 1.32 bits per heavy atom. The predicted octanol–water partition coefficient (Wildman–Crippen LogP) is 1.88. The number of anilines is 1. The van der Waals surface area contributed by atoms with Gasteiger partial charge in [0.25, 0.3) is 5.69 Å². The van der Waals surface area contributed by atoms with Crippen molar-refractivity contribution in [2.45, 2.75) is 18.5 Å². The molecule has 2 heterocycles. The van der Waals surface area contributed by atoms with Gasteiger partial charge in [-0.3, -0.25) is 14.9 Å². The van der Waals surface area contributed by atoms with Crippen molar-refractivity contribution in [3.63, 3.8) is 0 Å². The molecule has 0 aliphatic rings. The zero-order valence-corrected chi connectivity index (χ0v) is 13.9. The molecule has 128 valence electrons. The summed E-state index contributed by atoms with van der Waals surface area (Å²) >= 11 is 1.22. The maximum absolute atomic E-state index is 12.1. The molecule has 0 radical (unpaired) electrons. The van der Waals surface area contributed by atoms with Gasteiger partial charge in [-0.15, -0.1) is 5.10 Å². The maximum atomic E-state index is 12.1. The second kappa shape index (κ2) is 7.21. The monoisotopic (exact) mass is 359 g/mol. The first-order valence-electron chi connectivity index (χ1n) is 7.29. The molecule has 0 atom stereocenters. The molecule has 3 rings (SSSR count). The molecule has 0 bridgehead atoms. The van der Waals surface area contributed by atoms with E-state index >= 15 is 0 Å². The number of aryl methyl sites for hydroxylation is 1. The molecule has 0 aliphatic heterocycles. The van der Waals surface area contributed by atoms with Crippen LogP contribution in [0.4, 0.5) is 11.4 Å². The molecule has 0 aliphatic carbocycles. The van der Waals surface area contributed by atoms with Gasteiger partial charge in [-0.05, 0) is 19.1 Å². The van der Waals surface area contributed by atoms with Crippen molar-refractivity contribution in [2.24, 2.45) is 0 Å². The summed E-state index contributed by atoms with van der Waals surface area (Å²) in [6.45, 7) is 2.57. The number of fused-ring (bicyclic) bond motifs is 1. The maximum Gasteiger partial charge on any atom is 0.269 e. The van der Waals surface area contributed by atoms with Gasteiger partial charge in [0.05, 0.1) is 10.7 Å². The fourth-order valence-electron chi connectivity index (χ4n) is 2.09. The third-order valence-electron chi connectivity index (χ3n) is 3.27. The molecule has 0 saturated carbocycles. The van der Waals surface area contributed by atoms with Crippen molar-refractivity contribution in [1.82, 2.24) is 25.0 Å². The highest BCUT2D eigenvalue weighted by Crippen LogP contribution is 2.23. The summed E-state index contributed by atoms with van der Waals surface area (Å²) < 4.78 is 1.65. The number of nitrogens with one attached hydrogen (secondary N) is 1. The van der Waals surface area contributed by atoms with E-state index in [-0.39, 0.29) is 17.3 Å². The van der Waals surface area contributed by atoms with Crippen LogP contribution in [0.15, 0.2) is 35.6 Å². The van der Waals surface area contributed by atoms with Crippen LogP contribution in [-0.2, 0) is 11.3 Å². The van der Waals surface area contributed by atoms with Crippen LogP contribution in [0.5, 0.6) is 0 Å². The van der Waals surface area contributed by atoms with Crippen LogP contribution in [-0.4, -0.2) is 41.5 Å². The summed E-state index contributed by atoms with van der Waals surface area (Å²) in [7, 11) is 0. The standard InChI is InChI=1S/C14H13N7O3S/c1-2-20-13-12(18-19-20)14(16-8-15-13)25-7-11(22)17-9-3-5-10(6-4-9)21(23)24/h3-6,8H,2,7H2,1H3,(H,17,22). The van der Waals surface area contributed by atoms with Gasteiger partial charge in [0.2, 0.25) is 5.91 Å². The Labute approximate surface area is 145 Å². The minimum Gasteiger partial charge on any atom is -0.325 e. The Bertz CT molecular complexity index is 926. The summed E-state index contributed by atoms with van der Waals surface area (Å²) in [5.74, 6) is -0.143. The van der Waals surface area contributed by atoms with Gasteiger partial charge in [-0.25, -0.2) is 14.6 Å². The SMILES string of the molecule is CCn1nnc2c(SCC(=O)Nc3ccc([N+](=O)[O-])cc3)ncnc21. The average molecular weight is 359 g/mol. The molecular weight excluding hydrogens is 346 g/mol. The topological polar surface area (TPSA) is 129 Å². The smallest absolute Gasteiger partial charge is 0.269 e. The summed E-state index contributed by atoms with van der Waals surface area (Å²) in [4.78, 5) is 30.5. The van der Waals surface area contributed by atoms with E-state index in [1.165, 1.54) is 42.4 Å². The van der Waals surface area contributed by atoms with E-state index in [0.29, 0.717) is 28.4 Å². The lowest BCUT2D eigenvalue weighted by Gasteiger charge is -2.05. The second-order valence-corrected chi connectivity index (χ2v) is 5.86. The molecule has 0 spiro atoms. The third kappa shape index (κ3) is 3.71. The lowest BCUT2D eigenvalue weighted by Crippen LogP contribution is -2.14. The lowest BCUT2D eigenvalue weighted by molar-refractivity contribution is -0.384. The van der Waals surface area contributed by atoms with Gasteiger partial charge in [0, 0.05) is 24.4 Å². The molecule has 1 N–H and O–H groups in total. The summed E-state index contributed by atoms with van der Waals surface area (Å²) in [5.41, 5.74) is 1.63. The van der Waals surface area contributed by atoms with E-state index in [1.54, 1.807) is 4.68 Å². The van der Waals surface area contributed by atoms with Gasteiger partial charge >= 0.3 is 0 Å². The van der Waals surface area contributed by atoms with E-state index in [2.05, 4.69) is 25.6 Å². The van der Waals surface area contributed by atoms with Crippen LogP contribution < -0.4 is 5.32 Å². The van der Waals surface area contributed by atoms with Crippen molar-refractivity contribution in [2.75, 3.05) is 11.1 Å². The quantitative estimate of drug-likeness (QED) is 0.306. The van der Waals surface area contributed by atoms with Crippen LogP contribution in [0.25, 0.3) is 11.2 Å². The molecule has 1 aromatic carbocycles. The second-order valence-electron chi connectivity index (χ2n) is 4.90. The van der Waals surface area contributed by atoms with Crippen LogP contribution in [0.3, 0.4) is 0 Å². The van der Waals surface area contributed by atoms with E-state index in [1.807, 2.05) is 6.92 Å². The Morgan fingerprint density at radius 3 is 2.76 bits per heavy atom. The molecule has 0 fully saturated rings. The molecule has 11 heteroatoms. The summed E-state index contributed by atoms with van der Waals surface area (Å²) in [5, 5.41) is 21.9. The highest BCUT2D eigenvalue weighted by atomic mass is 32.2. The Balaban J connectivity index is 1.64. The van der Waals surface area contributed by atoms with Crippen LogP contribution >= 0.6 is 11.8 Å². The third-order valence-corrected chi connectivity index (χ3v) is 4.25. The number of hydrogen-bond acceptors (Lipinski definition) is 8. The number of nitrogens with zero attached hydrogens (tertiary/aromatic N) is 6. The number of hydrogen-bond donors (Lipinski definition) is 1. The van der Waals surface area contributed by atoms with Gasteiger partial charge in [-0.1, -0.05) is 17.0 Å². The predicted molar refractivity (Wildman–Crippen MR) is 91.2 cm³/mol. The largest absolute Gasteiger partial charge is 0.325 e. The Morgan fingerprint density at radius 2 is 2.08 bits per heavy atom. The normalized spacial score (nSPS) is 10.8. The van der Waals surface area contributed by atoms with Crippen LogP contribution in [0.1, 0.15) is 6.92 Å². The van der Waals surface area contributed by atoms with Crippen molar-refractivity contribution < 1.29 is 9.72 Å². The van der Waals surface area contributed by atoms with E-state index in [0.717, 1.165) is 0 Å². The van der Waals surface area contributed by atoms with Crippen molar-refractivity contribution >= 4 is 40.2 Å². The fourth-order valence-corrected chi connectivity index (χ4v) is 2.82. The Kier molecular flexibility index (Phi) is 4.84. The molecular formula is C14H13N7O3S. The number of aromatic nitrogens is 5. The number of thioether (sulfide) groups is 1. The van der Waals surface area contributed by atoms with E-state index in [4.69, 9.17) is 0 Å². The first-order chi connectivity index (χ1) is 12.1. The Hall–Kier alpha value is -3.08. The number of nitro groups is 1. The number of non-ortho nitro benzene ring substituents is 1. The minimum atomic E-state index is -0.495. The van der Waals surface area contributed by atoms with Crippen LogP contribution in [0.2, 0.25) is 0 Å². The average Bonchev–Trinajstić information content (AvgIpc) is 3.04. The van der Waals surface area contributed by atoms with E-state index < -0.39 is 4.92 Å². The summed E-state index contributed by atoms with van der Waals surface area (Å²) in [6.07, 6.45) is 1.41. The van der Waals surface area contributed by atoms with Gasteiger partial charge in [0.1, 0.15) is 11.4 Å². The van der Waals surface area contributed by atoms with Crippen molar-refractivity contribution in [1.29, 1.82) is 0 Å². The first-order valence-corrected chi connectivity index (χ1v) is 8.28. The number of carbonyl (C=O) groups is 1. The number of rotatable bonds is 6. The molecule has 3 aromatic rings. The lowest BCUT2D eigenvalue weighted by atomic mass is 10.3. The molecule has 2 aromatic heterocycles. The van der Waals surface area contributed by atoms with Gasteiger partial charge in [0.15, 0.2) is 11.2 Å². The molecule has 0 saturated heterocycles. The number of nitro benzene ring substituents is 1. The van der Waals surface area contributed by atoms with Crippen molar-refractivity contribution in [3.8, 4) is 0 Å². The number of benzene rings is 1. The fraction of sp³-hybridized carbons (Fsp3) is 0.214. The molecule has 1 amide bonds. The van der Waals surface area contributed by atoms with Gasteiger partial charge < -0.3 is 5.32 Å². The number of amides is 1. The first kappa shape index (κ1) is 16.8. The summed E-state index contributed by atoms with van der Waals surface area (Å²) in [6, 6.07) is 5.63.